The van der Waals surface area contributed by atoms with Crippen LogP contribution in [0.25, 0.3) is 0 Å². The molecule has 0 aliphatic rings. The molecule has 0 radical (unpaired) electrons. The van der Waals surface area contributed by atoms with Crippen molar-refractivity contribution in [2.75, 3.05) is 0 Å². The van der Waals surface area contributed by atoms with Gasteiger partial charge >= 0.3 is 7.82 Å². The summed E-state index contributed by atoms with van der Waals surface area (Å²) in [6.07, 6.45) is 0. The average molecular weight is 220 g/mol. The Hall–Kier alpha value is 1.08. The second-order valence-corrected chi connectivity index (χ2v) is 1.54. The van der Waals surface area contributed by atoms with Crippen molar-refractivity contribution in [1.29, 1.82) is 0 Å². The Labute approximate surface area is 72.7 Å². The predicted molar refractivity (Wildman–Crippen MR) is 31.4 cm³/mol. The molecule has 0 heterocycles. The van der Waals surface area contributed by atoms with E-state index in [-0.39, 0.29) is 45.4 Å². The third-order valence-electron chi connectivity index (χ3n) is 0. The van der Waals surface area contributed by atoms with Crippen molar-refractivity contribution in [2.45, 2.75) is 0 Å². The maximum absolute atomic E-state index is 8.88. The number of hydrogen-bond acceptors (Lipinski definition) is 1. The molecule has 0 aliphatic heterocycles. The van der Waals surface area contributed by atoms with E-state index in [0.29, 0.717) is 0 Å². The van der Waals surface area contributed by atoms with Crippen molar-refractivity contribution in [3.05, 3.63) is 0 Å². The molecular weight excluding hydrogens is 210 g/mol. The number of phosphoric acid groups is 1. The fourth-order valence-electron chi connectivity index (χ4n) is 0. The molecule has 0 atom stereocenters. The van der Waals surface area contributed by atoms with Crippen molar-refractivity contribution in [3.63, 3.8) is 0 Å². The van der Waals surface area contributed by atoms with Crippen LogP contribution in [0.4, 0.5) is 0 Å². The average Bonchev–Trinajstić information content (AvgIpc) is 0.722. The van der Waals surface area contributed by atoms with E-state index in [2.05, 4.69) is 0 Å². The van der Waals surface area contributed by atoms with E-state index in [1.54, 1.807) is 0 Å². The summed E-state index contributed by atoms with van der Waals surface area (Å²) in [7, 11) is -4.64. The van der Waals surface area contributed by atoms with Crippen LogP contribution in [0.2, 0.25) is 0 Å². The van der Waals surface area contributed by atoms with Crippen LogP contribution >= 0.6 is 7.82 Å². The summed E-state index contributed by atoms with van der Waals surface area (Å²) in [5.41, 5.74) is 0. The van der Waals surface area contributed by atoms with Gasteiger partial charge in [-0.1, -0.05) is 0 Å². The van der Waals surface area contributed by atoms with Crippen molar-refractivity contribution >= 4 is 25.2 Å². The molecule has 0 aromatic carbocycles. The van der Waals surface area contributed by atoms with E-state index in [9.17, 15) is 0 Å². The van der Waals surface area contributed by atoms with Crippen LogP contribution in [0.15, 0.2) is 0 Å². The Balaban J connectivity index is -0.0000000133. The molecule has 0 fully saturated rings. The summed E-state index contributed by atoms with van der Waals surface area (Å²) in [6, 6.07) is 0. The molecule has 0 aromatic rings. The Bertz CT molecular complexity index is 59.2. The Morgan fingerprint density at radius 3 is 1.00 bits per heavy atom. The van der Waals surface area contributed by atoms with Gasteiger partial charge in [0.2, 0.25) is 0 Å². The van der Waals surface area contributed by atoms with Gasteiger partial charge < -0.3 is 25.6 Å². The van der Waals surface area contributed by atoms with E-state index in [1.165, 1.54) is 0 Å². The molecule has 0 amide bonds. The predicted octanol–water partition coefficient (Wildman–Crippen LogP) is -3.76. The molecule has 0 spiro atoms. The topological polar surface area (TPSA) is 141 Å². The summed E-state index contributed by atoms with van der Waals surface area (Å²) in [5.74, 6) is 0. The summed E-state index contributed by atoms with van der Waals surface area (Å²) < 4.78 is 8.88. The first-order valence-corrected chi connectivity index (χ1v) is 2.35. The van der Waals surface area contributed by atoms with Crippen LogP contribution in [0, 0.1) is 0 Å². The van der Waals surface area contributed by atoms with E-state index in [0.717, 1.165) is 0 Å². The first kappa shape index (κ1) is 32.2. The van der Waals surface area contributed by atoms with Crippen LogP contribution in [-0.4, -0.2) is 43.0 Å². The van der Waals surface area contributed by atoms with Gasteiger partial charge in [0.1, 0.15) is 0 Å². The molecule has 7 N–H and O–H groups in total. The Morgan fingerprint density at radius 2 is 1.00 bits per heavy atom. The maximum Gasteiger partial charge on any atom is 0.466 e. The summed E-state index contributed by atoms with van der Waals surface area (Å²) in [6.45, 7) is 0. The first-order chi connectivity index (χ1) is 2.00. The first-order valence-electron chi connectivity index (χ1n) is 0.783. The van der Waals surface area contributed by atoms with Gasteiger partial charge in [0.25, 0.3) is 0 Å². The molecule has 0 aliphatic carbocycles. The second kappa shape index (κ2) is 11.8. The van der Waals surface area contributed by atoms with Gasteiger partial charge in [-0.25, -0.2) is 4.57 Å². The van der Waals surface area contributed by atoms with Crippen LogP contribution < -0.4 is 0 Å². The van der Waals surface area contributed by atoms with E-state index >= 15 is 0 Å². The largest absolute Gasteiger partial charge is 0.466 e. The molecule has 0 rings (SSSR count). The molecular formula is H10AlFeO6P. The molecule has 0 aromatic heterocycles. The molecule has 0 unspecified atom stereocenters. The zero-order valence-electron chi connectivity index (χ0n) is 3.55. The summed E-state index contributed by atoms with van der Waals surface area (Å²) in [4.78, 5) is 21.6. The third kappa shape index (κ3) is 389. The second-order valence-electron chi connectivity index (χ2n) is 0.513. The standard InChI is InChI=1S/Al.Fe.H3O4P.2H2O.3H/c;;1-5(2,3)4;;;;;/h;;(H3,1,2,3,4);2*1H2;;;. The van der Waals surface area contributed by atoms with E-state index in [1.807, 2.05) is 0 Å². The van der Waals surface area contributed by atoms with Crippen molar-refractivity contribution in [2.24, 2.45) is 0 Å². The van der Waals surface area contributed by atoms with Crippen LogP contribution in [-0.2, 0) is 21.6 Å². The van der Waals surface area contributed by atoms with Crippen molar-refractivity contribution < 1.29 is 47.3 Å². The van der Waals surface area contributed by atoms with Crippen molar-refractivity contribution in [1.82, 2.24) is 0 Å². The monoisotopic (exact) mass is 220 g/mol. The van der Waals surface area contributed by atoms with Gasteiger partial charge in [0.05, 0.1) is 0 Å². The van der Waals surface area contributed by atoms with Crippen LogP contribution in [0.5, 0.6) is 0 Å². The minimum atomic E-state index is -4.64. The molecule has 0 bridgehead atoms. The maximum atomic E-state index is 8.88. The molecule has 6 nitrogen and oxygen atoms in total. The summed E-state index contributed by atoms with van der Waals surface area (Å²) in [5, 5.41) is 0. The van der Waals surface area contributed by atoms with Crippen LogP contribution in [0.1, 0.15) is 0 Å². The molecule has 0 saturated carbocycles. The molecule has 9 heavy (non-hydrogen) atoms. The van der Waals surface area contributed by atoms with Gasteiger partial charge in [-0.15, -0.1) is 0 Å². The van der Waals surface area contributed by atoms with Crippen LogP contribution in [0.3, 0.4) is 0 Å². The quantitative estimate of drug-likeness (QED) is 0.284. The normalized spacial score (nSPS) is 6.56. The molecule has 9 heteroatoms. The van der Waals surface area contributed by atoms with E-state index < -0.39 is 7.82 Å². The SMILES string of the molecule is O.O.O=P(O)(O)O.[AlH3].[Fe]. The minimum Gasteiger partial charge on any atom is -0.412 e. The zero-order chi connectivity index (χ0) is 4.50. The fourth-order valence-corrected chi connectivity index (χ4v) is 0. The zero-order valence-corrected chi connectivity index (χ0v) is 5.55. The smallest absolute Gasteiger partial charge is 0.412 e. The van der Waals surface area contributed by atoms with Gasteiger partial charge in [0.15, 0.2) is 17.4 Å². The molecule has 0 saturated heterocycles. The van der Waals surface area contributed by atoms with Gasteiger partial charge in [-0.2, -0.15) is 0 Å². The van der Waals surface area contributed by atoms with Gasteiger partial charge in [0, 0.05) is 17.1 Å². The van der Waals surface area contributed by atoms with Crippen molar-refractivity contribution in [3.8, 4) is 0 Å². The minimum absolute atomic E-state index is 0. The number of rotatable bonds is 0. The van der Waals surface area contributed by atoms with Gasteiger partial charge in [-0.05, 0) is 0 Å². The molecule has 62 valence electrons. The summed E-state index contributed by atoms with van der Waals surface area (Å²) >= 11 is 0. The van der Waals surface area contributed by atoms with E-state index in [4.69, 9.17) is 19.2 Å². The van der Waals surface area contributed by atoms with Gasteiger partial charge in [-0.3, -0.25) is 0 Å². The Kier molecular flexibility index (Phi) is 42.3. The number of hydrogen-bond donors (Lipinski definition) is 3. The fraction of sp³-hybridized carbons (Fsp3) is 0. The Morgan fingerprint density at radius 1 is 1.00 bits per heavy atom. The third-order valence-corrected chi connectivity index (χ3v) is 0.